The molecule has 0 N–H and O–H groups in total. The molecule has 0 aromatic carbocycles. The number of hydrogen-bond donors (Lipinski definition) is 0. The smallest absolute Gasteiger partial charge is 0.313 e. The third-order valence-corrected chi connectivity index (χ3v) is 3.87. The largest absolute Gasteiger partial charge is 0.469 e. The Morgan fingerprint density at radius 2 is 2.00 bits per heavy atom. The first-order valence-corrected chi connectivity index (χ1v) is 5.97. The Bertz CT molecular complexity index is 240. The van der Waals surface area contributed by atoms with Crippen LogP contribution in [-0.4, -0.2) is 37.6 Å². The minimum Gasteiger partial charge on any atom is -0.469 e. The summed E-state index contributed by atoms with van der Waals surface area (Å²) >= 11 is 0. The zero-order chi connectivity index (χ0) is 10.9. The Kier molecular flexibility index (Phi) is 3.01. The minimum atomic E-state index is -0.130. The van der Waals surface area contributed by atoms with E-state index in [1.54, 1.807) is 0 Å². The van der Waals surface area contributed by atoms with Crippen molar-refractivity contribution in [1.82, 2.24) is 4.90 Å². The summed E-state index contributed by atoms with van der Waals surface area (Å²) in [4.78, 5) is 14.0. The van der Waals surface area contributed by atoms with E-state index in [9.17, 15) is 4.79 Å². The highest BCUT2D eigenvalue weighted by Gasteiger charge is 2.51. The van der Waals surface area contributed by atoms with E-state index in [1.807, 2.05) is 0 Å². The second kappa shape index (κ2) is 4.12. The van der Waals surface area contributed by atoms with Gasteiger partial charge in [-0.05, 0) is 44.7 Å². The van der Waals surface area contributed by atoms with E-state index in [1.165, 1.54) is 20.0 Å². The highest BCUT2D eigenvalue weighted by molar-refractivity contribution is 5.80. The van der Waals surface area contributed by atoms with Gasteiger partial charge in [-0.25, -0.2) is 0 Å². The SMILES string of the molecule is COC(=O)C1(CN2CCC(C)CC2)CC1. The Morgan fingerprint density at radius 1 is 1.40 bits per heavy atom. The predicted octanol–water partition coefficient (Wildman–Crippen LogP) is 1.67. The zero-order valence-corrected chi connectivity index (χ0v) is 9.79. The molecule has 3 nitrogen and oxygen atoms in total. The molecular weight excluding hydrogens is 190 g/mol. The van der Waals surface area contributed by atoms with E-state index in [2.05, 4.69) is 11.8 Å². The quantitative estimate of drug-likeness (QED) is 0.665. The van der Waals surface area contributed by atoms with Crippen molar-refractivity contribution in [3.8, 4) is 0 Å². The van der Waals surface area contributed by atoms with Gasteiger partial charge in [0.1, 0.15) is 0 Å². The average molecular weight is 211 g/mol. The monoisotopic (exact) mass is 211 g/mol. The van der Waals surface area contributed by atoms with Crippen LogP contribution >= 0.6 is 0 Å². The minimum absolute atomic E-state index is 0.00104. The molecule has 0 aromatic rings. The number of carbonyl (C=O) groups excluding carboxylic acids is 1. The van der Waals surface area contributed by atoms with Gasteiger partial charge < -0.3 is 9.64 Å². The molecule has 0 radical (unpaired) electrons. The molecule has 2 rings (SSSR count). The van der Waals surface area contributed by atoms with Gasteiger partial charge in [0.05, 0.1) is 12.5 Å². The van der Waals surface area contributed by atoms with Crippen LogP contribution in [0.3, 0.4) is 0 Å². The van der Waals surface area contributed by atoms with Gasteiger partial charge in [0, 0.05) is 6.54 Å². The molecule has 0 unspecified atom stereocenters. The van der Waals surface area contributed by atoms with E-state index in [0.717, 1.165) is 38.4 Å². The summed E-state index contributed by atoms with van der Waals surface area (Å²) in [6.07, 6.45) is 4.59. The van der Waals surface area contributed by atoms with Gasteiger partial charge >= 0.3 is 5.97 Å². The molecule has 2 fully saturated rings. The first kappa shape index (κ1) is 10.9. The second-order valence-corrected chi connectivity index (χ2v) is 5.23. The number of carbonyl (C=O) groups is 1. The molecule has 0 spiro atoms. The summed E-state index contributed by atoms with van der Waals surface area (Å²) in [5, 5.41) is 0. The van der Waals surface area contributed by atoms with Crippen LogP contribution in [0.25, 0.3) is 0 Å². The zero-order valence-electron chi connectivity index (χ0n) is 9.79. The van der Waals surface area contributed by atoms with Crippen molar-refractivity contribution in [2.45, 2.75) is 32.6 Å². The first-order valence-electron chi connectivity index (χ1n) is 5.97. The maximum Gasteiger partial charge on any atom is 0.313 e. The number of methoxy groups -OCH3 is 1. The maximum atomic E-state index is 11.6. The van der Waals surface area contributed by atoms with Crippen LogP contribution in [0.4, 0.5) is 0 Å². The summed E-state index contributed by atoms with van der Waals surface area (Å²) in [7, 11) is 1.50. The van der Waals surface area contributed by atoms with E-state index >= 15 is 0 Å². The van der Waals surface area contributed by atoms with Gasteiger partial charge in [0.15, 0.2) is 0 Å². The van der Waals surface area contributed by atoms with Crippen molar-refractivity contribution < 1.29 is 9.53 Å². The number of hydrogen-bond acceptors (Lipinski definition) is 3. The average Bonchev–Trinajstić information content (AvgIpc) is 3.01. The highest BCUT2D eigenvalue weighted by Crippen LogP contribution is 2.47. The third kappa shape index (κ3) is 2.33. The molecule has 1 heterocycles. The lowest BCUT2D eigenvalue weighted by atomic mass is 9.97. The molecule has 3 heteroatoms. The van der Waals surface area contributed by atoms with Crippen molar-refractivity contribution in [3.05, 3.63) is 0 Å². The fourth-order valence-electron chi connectivity index (χ4n) is 2.44. The van der Waals surface area contributed by atoms with Gasteiger partial charge in [-0.2, -0.15) is 0 Å². The highest BCUT2D eigenvalue weighted by atomic mass is 16.5. The van der Waals surface area contributed by atoms with E-state index in [4.69, 9.17) is 4.74 Å². The standard InChI is InChI=1S/C12H21NO2/c1-10-3-7-13(8-4-10)9-12(5-6-12)11(14)15-2/h10H,3-9H2,1-2H3. The van der Waals surface area contributed by atoms with Crippen LogP contribution in [-0.2, 0) is 9.53 Å². The van der Waals surface area contributed by atoms with E-state index < -0.39 is 0 Å². The molecule has 0 atom stereocenters. The van der Waals surface area contributed by atoms with Gasteiger partial charge in [-0.1, -0.05) is 6.92 Å². The summed E-state index contributed by atoms with van der Waals surface area (Å²) in [6, 6.07) is 0. The van der Waals surface area contributed by atoms with Crippen LogP contribution in [0.1, 0.15) is 32.6 Å². The Labute approximate surface area is 91.8 Å². The molecule has 1 aliphatic carbocycles. The van der Waals surface area contributed by atoms with Gasteiger partial charge in [-0.3, -0.25) is 4.79 Å². The summed E-state index contributed by atoms with van der Waals surface area (Å²) in [5.41, 5.74) is -0.130. The van der Waals surface area contributed by atoms with Gasteiger partial charge in [0.25, 0.3) is 0 Å². The van der Waals surface area contributed by atoms with E-state index in [-0.39, 0.29) is 11.4 Å². The molecule has 1 aliphatic heterocycles. The van der Waals surface area contributed by atoms with Crippen LogP contribution in [0.15, 0.2) is 0 Å². The van der Waals surface area contributed by atoms with Crippen LogP contribution in [0, 0.1) is 11.3 Å². The topological polar surface area (TPSA) is 29.5 Å². The number of piperidine rings is 1. The molecule has 1 saturated carbocycles. The lowest BCUT2D eigenvalue weighted by Gasteiger charge is -2.32. The number of ether oxygens (including phenoxy) is 1. The molecule has 0 amide bonds. The van der Waals surface area contributed by atoms with Crippen molar-refractivity contribution in [1.29, 1.82) is 0 Å². The number of nitrogens with zero attached hydrogens (tertiary/aromatic N) is 1. The molecule has 2 aliphatic rings. The Hall–Kier alpha value is -0.570. The third-order valence-electron chi connectivity index (χ3n) is 3.87. The Morgan fingerprint density at radius 3 is 2.47 bits per heavy atom. The van der Waals surface area contributed by atoms with E-state index in [0.29, 0.717) is 0 Å². The van der Waals surface area contributed by atoms with Gasteiger partial charge in [0.2, 0.25) is 0 Å². The fraction of sp³-hybridized carbons (Fsp3) is 0.917. The van der Waals surface area contributed by atoms with Crippen LogP contribution < -0.4 is 0 Å². The van der Waals surface area contributed by atoms with Crippen molar-refractivity contribution in [2.24, 2.45) is 11.3 Å². The lowest BCUT2D eigenvalue weighted by molar-refractivity contribution is -0.148. The molecule has 0 bridgehead atoms. The van der Waals surface area contributed by atoms with Crippen molar-refractivity contribution in [2.75, 3.05) is 26.7 Å². The Balaban J connectivity index is 1.84. The molecule has 86 valence electrons. The maximum absolute atomic E-state index is 11.6. The van der Waals surface area contributed by atoms with Crippen LogP contribution in [0.5, 0.6) is 0 Å². The summed E-state index contributed by atoms with van der Waals surface area (Å²) in [5.74, 6) is 0.857. The lowest BCUT2D eigenvalue weighted by Crippen LogP contribution is -2.39. The predicted molar refractivity (Wildman–Crippen MR) is 58.5 cm³/mol. The van der Waals surface area contributed by atoms with Crippen molar-refractivity contribution >= 4 is 5.97 Å². The molecule has 0 aromatic heterocycles. The van der Waals surface area contributed by atoms with Crippen molar-refractivity contribution in [3.63, 3.8) is 0 Å². The number of likely N-dealkylation sites (tertiary alicyclic amines) is 1. The molecule has 15 heavy (non-hydrogen) atoms. The first-order chi connectivity index (χ1) is 7.16. The second-order valence-electron chi connectivity index (χ2n) is 5.23. The van der Waals surface area contributed by atoms with Gasteiger partial charge in [-0.15, -0.1) is 0 Å². The number of rotatable bonds is 3. The fourth-order valence-corrected chi connectivity index (χ4v) is 2.44. The van der Waals surface area contributed by atoms with Crippen LogP contribution in [0.2, 0.25) is 0 Å². The number of esters is 1. The summed E-state index contributed by atoms with van der Waals surface area (Å²) in [6.45, 7) is 5.54. The summed E-state index contributed by atoms with van der Waals surface area (Å²) < 4.78 is 4.87. The normalized spacial score (nSPS) is 26.3. The molecule has 1 saturated heterocycles. The molecular formula is C12H21NO2.